The van der Waals surface area contributed by atoms with Gasteiger partial charge in [-0.05, 0) is 43.3 Å². The van der Waals surface area contributed by atoms with Gasteiger partial charge >= 0.3 is 0 Å². The van der Waals surface area contributed by atoms with E-state index in [0.29, 0.717) is 22.1 Å². The van der Waals surface area contributed by atoms with Gasteiger partial charge in [-0.15, -0.1) is 0 Å². The van der Waals surface area contributed by atoms with Gasteiger partial charge in [-0.2, -0.15) is 0 Å². The molecule has 100 valence electrons. The average molecular weight is 272 g/mol. The predicted octanol–water partition coefficient (Wildman–Crippen LogP) is 4.25. The van der Waals surface area contributed by atoms with Gasteiger partial charge in [-0.25, -0.2) is 8.78 Å². The first-order valence-electron chi connectivity index (χ1n) is 6.05. The van der Waals surface area contributed by atoms with Crippen molar-refractivity contribution in [2.45, 2.75) is 6.92 Å². The molecule has 0 saturated carbocycles. The highest BCUT2D eigenvalue weighted by Crippen LogP contribution is 2.27. The lowest BCUT2D eigenvalue weighted by Gasteiger charge is -1.98. The van der Waals surface area contributed by atoms with E-state index in [4.69, 9.17) is 4.42 Å². The summed E-state index contributed by atoms with van der Waals surface area (Å²) in [6.45, 7) is 1.74. The third-order valence-corrected chi connectivity index (χ3v) is 3.21. The lowest BCUT2D eigenvalue weighted by Crippen LogP contribution is -2.01. The second kappa shape index (κ2) is 4.56. The number of carbonyl (C=O) groups excluding carboxylic acids is 1. The summed E-state index contributed by atoms with van der Waals surface area (Å²) in [4.78, 5) is 12.3. The number of ketones is 1. The molecule has 0 aliphatic heterocycles. The largest absolute Gasteiger partial charge is 0.452 e. The van der Waals surface area contributed by atoms with Crippen molar-refractivity contribution in [1.82, 2.24) is 0 Å². The molecule has 0 saturated heterocycles. The first-order chi connectivity index (χ1) is 9.56. The van der Waals surface area contributed by atoms with Crippen LogP contribution >= 0.6 is 0 Å². The molecule has 20 heavy (non-hydrogen) atoms. The highest BCUT2D eigenvalue weighted by molar-refractivity contribution is 6.10. The Morgan fingerprint density at radius 1 is 1.00 bits per heavy atom. The minimum absolute atomic E-state index is 0.150. The first kappa shape index (κ1) is 12.5. The number of carbonyl (C=O) groups is 1. The molecule has 1 heterocycles. The summed E-state index contributed by atoms with van der Waals surface area (Å²) in [6, 6.07) is 9.34. The van der Waals surface area contributed by atoms with Gasteiger partial charge in [-0.3, -0.25) is 4.79 Å². The molecule has 1 aromatic heterocycles. The Bertz CT molecular complexity index is 801. The molecule has 0 unspecified atom stereocenters. The molecule has 2 nitrogen and oxygen atoms in total. The molecule has 0 spiro atoms. The molecule has 0 fully saturated rings. The van der Waals surface area contributed by atoms with Crippen LogP contribution in [0.25, 0.3) is 11.0 Å². The number of furan rings is 1. The topological polar surface area (TPSA) is 30.2 Å². The van der Waals surface area contributed by atoms with Crippen LogP contribution in [0.4, 0.5) is 8.78 Å². The summed E-state index contributed by atoms with van der Waals surface area (Å²) < 4.78 is 31.5. The van der Waals surface area contributed by atoms with Crippen molar-refractivity contribution in [2.75, 3.05) is 0 Å². The van der Waals surface area contributed by atoms with Gasteiger partial charge in [-0.1, -0.05) is 0 Å². The Hall–Kier alpha value is -2.49. The summed E-state index contributed by atoms with van der Waals surface area (Å²) in [5.41, 5.74) is 1.30. The van der Waals surface area contributed by atoms with Crippen molar-refractivity contribution in [3.05, 3.63) is 71.0 Å². The smallest absolute Gasteiger partial charge is 0.228 e. The average Bonchev–Trinajstić information content (AvgIpc) is 2.75. The van der Waals surface area contributed by atoms with Gasteiger partial charge in [0.2, 0.25) is 5.78 Å². The van der Waals surface area contributed by atoms with Gasteiger partial charge in [0, 0.05) is 22.6 Å². The zero-order valence-electron chi connectivity index (χ0n) is 10.6. The van der Waals surface area contributed by atoms with Crippen LogP contribution in [-0.4, -0.2) is 5.78 Å². The van der Waals surface area contributed by atoms with E-state index in [1.165, 1.54) is 36.4 Å². The third-order valence-electron chi connectivity index (χ3n) is 3.21. The molecule has 0 radical (unpaired) electrons. The minimum atomic E-state index is -0.424. The molecule has 0 bridgehead atoms. The van der Waals surface area contributed by atoms with E-state index < -0.39 is 11.6 Å². The number of hydrogen-bond acceptors (Lipinski definition) is 2. The molecular weight excluding hydrogens is 262 g/mol. The van der Waals surface area contributed by atoms with Crippen molar-refractivity contribution in [2.24, 2.45) is 0 Å². The first-order valence-corrected chi connectivity index (χ1v) is 6.05. The number of aryl methyl sites for hydroxylation is 1. The van der Waals surface area contributed by atoms with Crippen LogP contribution in [0.3, 0.4) is 0 Å². The van der Waals surface area contributed by atoms with E-state index in [1.54, 1.807) is 13.0 Å². The molecule has 0 aliphatic rings. The summed E-state index contributed by atoms with van der Waals surface area (Å²) in [5, 5.41) is 0.692. The molecule has 0 amide bonds. The van der Waals surface area contributed by atoms with Crippen molar-refractivity contribution < 1.29 is 18.0 Å². The Balaban J connectivity index is 2.12. The fourth-order valence-corrected chi connectivity index (χ4v) is 2.15. The summed E-state index contributed by atoms with van der Waals surface area (Å²) in [5.74, 6) is -1.03. The normalized spacial score (nSPS) is 10.9. The van der Waals surface area contributed by atoms with Crippen LogP contribution in [0.2, 0.25) is 0 Å². The highest BCUT2D eigenvalue weighted by atomic mass is 19.1. The Morgan fingerprint density at radius 3 is 2.35 bits per heavy atom. The Labute approximate surface area is 113 Å². The highest BCUT2D eigenvalue weighted by Gasteiger charge is 2.19. The minimum Gasteiger partial charge on any atom is -0.452 e. The molecule has 0 atom stereocenters. The maximum atomic E-state index is 13.2. The van der Waals surface area contributed by atoms with Crippen molar-refractivity contribution >= 4 is 16.8 Å². The van der Waals surface area contributed by atoms with E-state index in [1.807, 2.05) is 0 Å². The monoisotopic (exact) mass is 272 g/mol. The van der Waals surface area contributed by atoms with Crippen molar-refractivity contribution in [3.63, 3.8) is 0 Å². The SMILES string of the molecule is Cc1c(C(=O)c2ccc(F)cc2)oc2cc(F)ccc12. The van der Waals surface area contributed by atoms with Crippen LogP contribution < -0.4 is 0 Å². The summed E-state index contributed by atoms with van der Waals surface area (Å²) in [6.07, 6.45) is 0. The molecule has 4 heteroatoms. The number of benzene rings is 2. The maximum absolute atomic E-state index is 13.2. The van der Waals surface area contributed by atoms with Gasteiger partial charge in [0.05, 0.1) is 0 Å². The lowest BCUT2D eigenvalue weighted by molar-refractivity contribution is 0.101. The quantitative estimate of drug-likeness (QED) is 0.653. The molecule has 0 aliphatic carbocycles. The molecule has 2 aromatic carbocycles. The van der Waals surface area contributed by atoms with Gasteiger partial charge in [0.15, 0.2) is 5.76 Å². The van der Waals surface area contributed by atoms with E-state index in [2.05, 4.69) is 0 Å². The Kier molecular flexibility index (Phi) is 2.86. The second-order valence-electron chi connectivity index (χ2n) is 4.53. The van der Waals surface area contributed by atoms with Crippen LogP contribution in [0.1, 0.15) is 21.7 Å². The number of hydrogen-bond donors (Lipinski definition) is 0. The van der Waals surface area contributed by atoms with Gasteiger partial charge < -0.3 is 4.42 Å². The Morgan fingerprint density at radius 2 is 1.65 bits per heavy atom. The third kappa shape index (κ3) is 1.99. The lowest BCUT2D eigenvalue weighted by atomic mass is 10.0. The van der Waals surface area contributed by atoms with Crippen molar-refractivity contribution in [1.29, 1.82) is 0 Å². The van der Waals surface area contributed by atoms with Gasteiger partial charge in [0.1, 0.15) is 17.2 Å². The number of rotatable bonds is 2. The van der Waals surface area contributed by atoms with Crippen LogP contribution in [0, 0.1) is 18.6 Å². The maximum Gasteiger partial charge on any atom is 0.228 e. The number of fused-ring (bicyclic) bond motifs is 1. The van der Waals surface area contributed by atoms with E-state index >= 15 is 0 Å². The standard InChI is InChI=1S/C16H10F2O2/c1-9-13-7-6-12(18)8-14(13)20-16(9)15(19)10-2-4-11(17)5-3-10/h2-8H,1H3. The number of halogens is 2. The zero-order valence-corrected chi connectivity index (χ0v) is 10.6. The van der Waals surface area contributed by atoms with E-state index in [0.717, 1.165) is 0 Å². The van der Waals surface area contributed by atoms with Crippen LogP contribution in [-0.2, 0) is 0 Å². The summed E-state index contributed by atoms with van der Waals surface area (Å²) >= 11 is 0. The molecule has 3 rings (SSSR count). The van der Waals surface area contributed by atoms with Crippen molar-refractivity contribution in [3.8, 4) is 0 Å². The zero-order chi connectivity index (χ0) is 14.3. The van der Waals surface area contributed by atoms with Gasteiger partial charge in [0.25, 0.3) is 0 Å². The molecule has 0 N–H and O–H groups in total. The van der Waals surface area contributed by atoms with E-state index in [9.17, 15) is 13.6 Å². The molecular formula is C16H10F2O2. The predicted molar refractivity (Wildman–Crippen MR) is 70.7 cm³/mol. The summed E-state index contributed by atoms with van der Waals surface area (Å²) in [7, 11) is 0. The molecule has 3 aromatic rings. The fraction of sp³-hybridized carbons (Fsp3) is 0.0625. The van der Waals surface area contributed by atoms with Crippen LogP contribution in [0.5, 0.6) is 0 Å². The fourth-order valence-electron chi connectivity index (χ4n) is 2.15. The van der Waals surface area contributed by atoms with Crippen LogP contribution in [0.15, 0.2) is 46.9 Å². The second-order valence-corrected chi connectivity index (χ2v) is 4.53. The van der Waals surface area contributed by atoms with E-state index in [-0.39, 0.29) is 11.5 Å².